The van der Waals surface area contributed by atoms with Gasteiger partial charge in [-0.2, -0.15) is 17.9 Å². The van der Waals surface area contributed by atoms with Gasteiger partial charge < -0.3 is 0 Å². The largest absolute Gasteiger partial charge is 0.418 e. The Morgan fingerprint density at radius 2 is 2.06 bits per heavy atom. The molecular formula is C9H5BrClF3N4. The Morgan fingerprint density at radius 1 is 1.33 bits per heavy atom. The number of alkyl halides is 4. The van der Waals surface area contributed by atoms with Crippen molar-refractivity contribution >= 4 is 27.5 Å². The lowest BCUT2D eigenvalue weighted by molar-refractivity contribution is -0.137. The van der Waals surface area contributed by atoms with E-state index in [4.69, 9.17) is 11.6 Å². The fourth-order valence-electron chi connectivity index (χ4n) is 1.40. The standard InChI is InChI=1S/C9H5BrClF3N4/c10-5-1-2-7(6(3-5)9(12,13)14)18-8(4-11)15-16-17-18/h1-3H,4H2. The molecule has 0 unspecified atom stereocenters. The van der Waals surface area contributed by atoms with Gasteiger partial charge in [-0.25, -0.2) is 0 Å². The van der Waals surface area contributed by atoms with Crippen molar-refractivity contribution < 1.29 is 13.2 Å². The summed E-state index contributed by atoms with van der Waals surface area (Å²) < 4.78 is 40.1. The maximum absolute atomic E-state index is 12.9. The normalized spacial score (nSPS) is 11.8. The molecule has 2 aromatic rings. The van der Waals surface area contributed by atoms with Crippen molar-refractivity contribution in [3.8, 4) is 5.69 Å². The molecule has 0 spiro atoms. The van der Waals surface area contributed by atoms with E-state index in [0.717, 1.165) is 10.7 Å². The molecule has 0 amide bonds. The maximum Gasteiger partial charge on any atom is 0.418 e. The summed E-state index contributed by atoms with van der Waals surface area (Å²) in [5.74, 6) is 0.0601. The topological polar surface area (TPSA) is 43.6 Å². The van der Waals surface area contributed by atoms with Gasteiger partial charge in [0.2, 0.25) is 0 Å². The van der Waals surface area contributed by atoms with Crippen molar-refractivity contribution in [1.29, 1.82) is 0 Å². The van der Waals surface area contributed by atoms with E-state index in [2.05, 4.69) is 31.5 Å². The lowest BCUT2D eigenvalue weighted by Crippen LogP contribution is -2.13. The lowest BCUT2D eigenvalue weighted by atomic mass is 10.1. The molecule has 0 atom stereocenters. The smallest absolute Gasteiger partial charge is 0.195 e. The zero-order chi connectivity index (χ0) is 13.3. The Balaban J connectivity index is 2.65. The van der Waals surface area contributed by atoms with Crippen LogP contribution in [0.2, 0.25) is 0 Å². The Labute approximate surface area is 113 Å². The molecule has 4 nitrogen and oxygen atoms in total. The summed E-state index contributed by atoms with van der Waals surface area (Å²) in [5, 5.41) is 10.4. The van der Waals surface area contributed by atoms with E-state index < -0.39 is 11.7 Å². The molecule has 0 saturated heterocycles. The molecular weight excluding hydrogens is 336 g/mol. The SMILES string of the molecule is FC(F)(F)c1cc(Br)ccc1-n1nnnc1CCl. The summed E-state index contributed by atoms with van der Waals surface area (Å²) >= 11 is 8.57. The minimum Gasteiger partial charge on any atom is -0.195 e. The van der Waals surface area contributed by atoms with Crippen molar-refractivity contribution in [2.45, 2.75) is 12.1 Å². The van der Waals surface area contributed by atoms with E-state index in [9.17, 15) is 13.2 Å². The molecule has 0 aliphatic heterocycles. The zero-order valence-corrected chi connectivity index (χ0v) is 11.0. The fraction of sp³-hybridized carbons (Fsp3) is 0.222. The van der Waals surface area contributed by atoms with Crippen LogP contribution >= 0.6 is 27.5 Å². The predicted molar refractivity (Wildman–Crippen MR) is 61.4 cm³/mol. The van der Waals surface area contributed by atoms with Gasteiger partial charge in [-0.15, -0.1) is 16.7 Å². The molecule has 2 rings (SSSR count). The van der Waals surface area contributed by atoms with Gasteiger partial charge in [0.25, 0.3) is 0 Å². The van der Waals surface area contributed by atoms with Crippen molar-refractivity contribution in [1.82, 2.24) is 20.2 Å². The first-order valence-electron chi connectivity index (χ1n) is 4.64. The second-order valence-corrected chi connectivity index (χ2v) is 4.48. The number of hydrogen-bond acceptors (Lipinski definition) is 3. The van der Waals surface area contributed by atoms with Crippen LogP contribution in [0.25, 0.3) is 5.69 Å². The molecule has 0 saturated carbocycles. The van der Waals surface area contributed by atoms with Crippen LogP contribution in [0.4, 0.5) is 13.2 Å². The van der Waals surface area contributed by atoms with Crippen LogP contribution in [0.15, 0.2) is 22.7 Å². The summed E-state index contributed by atoms with van der Waals surface area (Å²) in [6.07, 6.45) is -4.51. The average molecular weight is 342 g/mol. The maximum atomic E-state index is 12.9. The molecule has 0 aliphatic carbocycles. The summed E-state index contributed by atoms with van der Waals surface area (Å²) in [6, 6.07) is 3.72. The molecule has 0 radical (unpaired) electrons. The highest BCUT2D eigenvalue weighted by molar-refractivity contribution is 9.10. The lowest BCUT2D eigenvalue weighted by Gasteiger charge is -2.13. The van der Waals surface area contributed by atoms with Gasteiger partial charge >= 0.3 is 6.18 Å². The van der Waals surface area contributed by atoms with Crippen LogP contribution in [0.5, 0.6) is 0 Å². The average Bonchev–Trinajstić information content (AvgIpc) is 2.75. The van der Waals surface area contributed by atoms with Crippen molar-refractivity contribution in [3.05, 3.63) is 34.1 Å². The third kappa shape index (κ3) is 2.49. The summed E-state index contributed by atoms with van der Waals surface area (Å²) in [7, 11) is 0. The van der Waals surface area contributed by atoms with Gasteiger partial charge in [-0.05, 0) is 28.6 Å². The van der Waals surface area contributed by atoms with Gasteiger partial charge in [0.05, 0.1) is 17.1 Å². The number of nitrogens with zero attached hydrogens (tertiary/aromatic N) is 4. The molecule has 0 N–H and O–H groups in total. The van der Waals surface area contributed by atoms with Crippen LogP contribution in [0, 0.1) is 0 Å². The molecule has 1 aromatic heterocycles. The van der Waals surface area contributed by atoms with Crippen molar-refractivity contribution in [2.24, 2.45) is 0 Å². The summed E-state index contributed by atoms with van der Waals surface area (Å²) in [6.45, 7) is 0. The number of aromatic nitrogens is 4. The van der Waals surface area contributed by atoms with Gasteiger partial charge in [0.1, 0.15) is 0 Å². The van der Waals surface area contributed by atoms with E-state index in [1.165, 1.54) is 12.1 Å². The van der Waals surface area contributed by atoms with E-state index >= 15 is 0 Å². The third-order valence-electron chi connectivity index (χ3n) is 2.15. The number of hydrogen-bond donors (Lipinski definition) is 0. The monoisotopic (exact) mass is 340 g/mol. The van der Waals surface area contributed by atoms with Crippen LogP contribution in [0.3, 0.4) is 0 Å². The summed E-state index contributed by atoms with van der Waals surface area (Å²) in [5.41, 5.74) is -0.998. The first-order chi connectivity index (χ1) is 8.43. The van der Waals surface area contributed by atoms with Gasteiger partial charge in [0.15, 0.2) is 5.82 Å². The first-order valence-corrected chi connectivity index (χ1v) is 5.96. The fourth-order valence-corrected chi connectivity index (χ4v) is 1.92. The molecule has 9 heteroatoms. The second kappa shape index (κ2) is 4.85. The first kappa shape index (κ1) is 13.3. The molecule has 96 valence electrons. The Bertz CT molecular complexity index is 569. The highest BCUT2D eigenvalue weighted by Crippen LogP contribution is 2.35. The number of tetrazole rings is 1. The molecule has 0 fully saturated rings. The van der Waals surface area contributed by atoms with Crippen LogP contribution < -0.4 is 0 Å². The molecule has 1 aromatic carbocycles. The van der Waals surface area contributed by atoms with Gasteiger partial charge in [0, 0.05) is 4.47 Å². The van der Waals surface area contributed by atoms with E-state index in [-0.39, 0.29) is 17.4 Å². The predicted octanol–water partition coefficient (Wildman–Crippen LogP) is 3.18. The quantitative estimate of drug-likeness (QED) is 0.788. The summed E-state index contributed by atoms with van der Waals surface area (Å²) in [4.78, 5) is 0. The van der Waals surface area contributed by atoms with Crippen LogP contribution in [-0.2, 0) is 12.1 Å². The highest BCUT2D eigenvalue weighted by Gasteiger charge is 2.35. The Hall–Kier alpha value is -1.15. The minimum absolute atomic E-state index is 0.0830. The molecule has 0 bridgehead atoms. The van der Waals surface area contributed by atoms with Gasteiger partial charge in [-0.1, -0.05) is 15.9 Å². The van der Waals surface area contributed by atoms with E-state index in [1.54, 1.807) is 0 Å². The molecule has 18 heavy (non-hydrogen) atoms. The second-order valence-electron chi connectivity index (χ2n) is 3.30. The van der Waals surface area contributed by atoms with Crippen LogP contribution in [0.1, 0.15) is 11.4 Å². The number of benzene rings is 1. The Kier molecular flexibility index (Phi) is 3.58. The highest BCUT2D eigenvalue weighted by atomic mass is 79.9. The number of rotatable bonds is 2. The van der Waals surface area contributed by atoms with Gasteiger partial charge in [-0.3, -0.25) is 0 Å². The van der Waals surface area contributed by atoms with E-state index in [0.29, 0.717) is 4.47 Å². The minimum atomic E-state index is -4.51. The van der Waals surface area contributed by atoms with Crippen molar-refractivity contribution in [2.75, 3.05) is 0 Å². The molecule has 1 heterocycles. The molecule has 0 aliphatic rings. The zero-order valence-electron chi connectivity index (χ0n) is 8.62. The number of halogens is 5. The van der Waals surface area contributed by atoms with Crippen LogP contribution in [-0.4, -0.2) is 20.2 Å². The third-order valence-corrected chi connectivity index (χ3v) is 2.88. The van der Waals surface area contributed by atoms with Crippen molar-refractivity contribution in [3.63, 3.8) is 0 Å². The Morgan fingerprint density at radius 3 is 2.67 bits per heavy atom. The van der Waals surface area contributed by atoms with E-state index in [1.807, 2.05) is 0 Å².